The molecule has 0 amide bonds. The Hall–Kier alpha value is -7.63. The van der Waals surface area contributed by atoms with Crippen molar-refractivity contribution in [1.82, 2.24) is 15.0 Å². The fourth-order valence-corrected chi connectivity index (χ4v) is 7.78. The smallest absolute Gasteiger partial charge is 0.164 e. The fourth-order valence-electron chi connectivity index (χ4n) is 7.78. The van der Waals surface area contributed by atoms with E-state index in [-0.39, 0.29) is 0 Å². The highest BCUT2D eigenvalue weighted by Gasteiger charge is 2.19. The molecular weight excluding hydrogens is 687 g/mol. The van der Waals surface area contributed by atoms with Crippen LogP contribution in [0.3, 0.4) is 0 Å². The Morgan fingerprint density at radius 1 is 0.286 bits per heavy atom. The third kappa shape index (κ3) is 5.45. The predicted molar refractivity (Wildman–Crippen MR) is 227 cm³/mol. The van der Waals surface area contributed by atoms with Crippen LogP contribution in [0, 0.1) is 0 Å². The van der Waals surface area contributed by atoms with E-state index in [1.165, 1.54) is 5.56 Å². The van der Waals surface area contributed by atoms with Crippen LogP contribution < -0.4 is 0 Å². The molecule has 11 aromatic rings. The Morgan fingerprint density at radius 2 is 0.732 bits per heavy atom. The Bertz CT molecular complexity index is 3220. The minimum Gasteiger partial charge on any atom is -0.456 e. The van der Waals surface area contributed by atoms with Gasteiger partial charge in [-0.15, -0.1) is 0 Å². The van der Waals surface area contributed by atoms with Crippen molar-refractivity contribution in [3.8, 4) is 67.5 Å². The molecular formula is C51H31N3O2. The number of hydrogen-bond acceptors (Lipinski definition) is 5. The molecule has 0 atom stereocenters. The number of aromatic nitrogens is 3. The maximum Gasteiger partial charge on any atom is 0.164 e. The number of benzene rings is 8. The monoisotopic (exact) mass is 717 g/mol. The quantitative estimate of drug-likeness (QED) is 0.171. The first kappa shape index (κ1) is 31.9. The summed E-state index contributed by atoms with van der Waals surface area (Å²) < 4.78 is 12.8. The molecule has 5 nitrogen and oxygen atoms in total. The molecule has 5 heteroatoms. The Labute approximate surface area is 322 Å². The lowest BCUT2D eigenvalue weighted by atomic mass is 9.93. The van der Waals surface area contributed by atoms with Gasteiger partial charge in [0, 0.05) is 43.8 Å². The van der Waals surface area contributed by atoms with Gasteiger partial charge in [-0.05, 0) is 58.1 Å². The van der Waals surface area contributed by atoms with Crippen LogP contribution in [0.15, 0.2) is 197 Å². The molecule has 262 valence electrons. The molecule has 0 aliphatic rings. The fraction of sp³-hybridized carbons (Fsp3) is 0. The summed E-state index contributed by atoms with van der Waals surface area (Å²) in [6.07, 6.45) is 0. The number of rotatable bonds is 6. The van der Waals surface area contributed by atoms with Crippen LogP contribution in [-0.2, 0) is 0 Å². The van der Waals surface area contributed by atoms with E-state index in [1.807, 2.05) is 66.7 Å². The molecule has 3 aromatic heterocycles. The van der Waals surface area contributed by atoms with E-state index in [4.69, 9.17) is 23.8 Å². The first-order valence-corrected chi connectivity index (χ1v) is 18.7. The summed E-state index contributed by atoms with van der Waals surface area (Å²) in [6, 6.07) is 64.5. The molecule has 0 aliphatic carbocycles. The number of fused-ring (bicyclic) bond motifs is 6. The molecule has 0 fully saturated rings. The first-order chi connectivity index (χ1) is 27.7. The third-order valence-electron chi connectivity index (χ3n) is 10.6. The average Bonchev–Trinajstić information content (AvgIpc) is 3.85. The molecule has 0 saturated carbocycles. The van der Waals surface area contributed by atoms with E-state index < -0.39 is 0 Å². The highest BCUT2D eigenvalue weighted by Crippen LogP contribution is 2.43. The maximum absolute atomic E-state index is 6.67. The number of nitrogens with zero attached hydrogens (tertiary/aromatic N) is 3. The standard InChI is InChI=1S/C51H31N3O2/c1-3-11-32(12-4-1)33-19-23-36(24-20-33)50-52-49(35-13-5-2-6-14-35)53-51(54-50)37-25-21-34(22-26-37)39-28-29-40(48-47(39)42-16-8-10-18-45(42)56-48)38-27-30-46-43(31-38)41-15-7-9-17-44(41)55-46/h1-31H. The Balaban J connectivity index is 1.01. The highest BCUT2D eigenvalue weighted by atomic mass is 16.3. The largest absolute Gasteiger partial charge is 0.456 e. The van der Waals surface area contributed by atoms with Gasteiger partial charge >= 0.3 is 0 Å². The molecule has 0 unspecified atom stereocenters. The van der Waals surface area contributed by atoms with Crippen molar-refractivity contribution in [3.63, 3.8) is 0 Å². The first-order valence-electron chi connectivity index (χ1n) is 18.7. The van der Waals surface area contributed by atoms with Crippen molar-refractivity contribution >= 4 is 43.9 Å². The normalized spacial score (nSPS) is 11.6. The van der Waals surface area contributed by atoms with Crippen molar-refractivity contribution in [1.29, 1.82) is 0 Å². The van der Waals surface area contributed by atoms with Crippen LogP contribution in [0.5, 0.6) is 0 Å². The summed E-state index contributed by atoms with van der Waals surface area (Å²) in [5.74, 6) is 1.87. The maximum atomic E-state index is 6.67. The summed E-state index contributed by atoms with van der Waals surface area (Å²) in [4.78, 5) is 15.0. The van der Waals surface area contributed by atoms with Gasteiger partial charge in [-0.25, -0.2) is 15.0 Å². The van der Waals surface area contributed by atoms with Crippen LogP contribution in [-0.4, -0.2) is 15.0 Å². The van der Waals surface area contributed by atoms with Crippen LogP contribution in [0.4, 0.5) is 0 Å². The number of furan rings is 2. The van der Waals surface area contributed by atoms with Crippen molar-refractivity contribution in [2.45, 2.75) is 0 Å². The lowest BCUT2D eigenvalue weighted by molar-refractivity contribution is 0.668. The third-order valence-corrected chi connectivity index (χ3v) is 10.6. The van der Waals surface area contributed by atoms with Crippen LogP contribution in [0.25, 0.3) is 111 Å². The van der Waals surface area contributed by atoms with Gasteiger partial charge in [-0.2, -0.15) is 0 Å². The number of para-hydroxylation sites is 2. The van der Waals surface area contributed by atoms with Crippen LogP contribution in [0.2, 0.25) is 0 Å². The summed E-state index contributed by atoms with van der Waals surface area (Å²) in [6.45, 7) is 0. The molecule has 0 spiro atoms. The molecule has 56 heavy (non-hydrogen) atoms. The van der Waals surface area contributed by atoms with Crippen molar-refractivity contribution in [2.24, 2.45) is 0 Å². The zero-order valence-electron chi connectivity index (χ0n) is 30.1. The van der Waals surface area contributed by atoms with E-state index in [9.17, 15) is 0 Å². The zero-order valence-corrected chi connectivity index (χ0v) is 30.1. The summed E-state index contributed by atoms with van der Waals surface area (Å²) in [5.41, 5.74) is 12.8. The molecule has 0 N–H and O–H groups in total. The van der Waals surface area contributed by atoms with Gasteiger partial charge in [0.1, 0.15) is 22.3 Å². The van der Waals surface area contributed by atoms with Gasteiger partial charge < -0.3 is 8.83 Å². The molecule has 3 heterocycles. The summed E-state index contributed by atoms with van der Waals surface area (Å²) in [5, 5.41) is 4.34. The van der Waals surface area contributed by atoms with Gasteiger partial charge in [0.05, 0.1) is 0 Å². The lowest BCUT2D eigenvalue weighted by Crippen LogP contribution is -2.00. The molecule has 0 aliphatic heterocycles. The van der Waals surface area contributed by atoms with Gasteiger partial charge in [0.25, 0.3) is 0 Å². The zero-order chi connectivity index (χ0) is 37.0. The second kappa shape index (κ2) is 13.0. The van der Waals surface area contributed by atoms with E-state index in [2.05, 4.69) is 121 Å². The van der Waals surface area contributed by atoms with Crippen molar-refractivity contribution in [2.75, 3.05) is 0 Å². The predicted octanol–water partition coefficient (Wildman–Crippen LogP) is 13.7. The second-order valence-corrected chi connectivity index (χ2v) is 14.0. The summed E-state index contributed by atoms with van der Waals surface area (Å²) >= 11 is 0. The highest BCUT2D eigenvalue weighted by molar-refractivity contribution is 6.17. The van der Waals surface area contributed by atoms with Gasteiger partial charge in [0.2, 0.25) is 0 Å². The molecule has 0 radical (unpaired) electrons. The van der Waals surface area contributed by atoms with Gasteiger partial charge in [0.15, 0.2) is 17.5 Å². The SMILES string of the molecule is c1ccc(-c2ccc(-c3nc(-c4ccccc4)nc(-c4ccc(-c5ccc(-c6ccc7oc8ccccc8c7c6)c6oc7ccccc7c56)cc4)n3)cc2)cc1. The molecule has 0 saturated heterocycles. The molecule has 8 aromatic carbocycles. The van der Waals surface area contributed by atoms with Crippen molar-refractivity contribution < 1.29 is 8.83 Å². The molecule has 0 bridgehead atoms. The topological polar surface area (TPSA) is 65.0 Å². The minimum atomic E-state index is 0.615. The number of hydrogen-bond donors (Lipinski definition) is 0. The minimum absolute atomic E-state index is 0.615. The second-order valence-electron chi connectivity index (χ2n) is 14.0. The lowest BCUT2D eigenvalue weighted by Gasteiger charge is -2.11. The van der Waals surface area contributed by atoms with Crippen LogP contribution in [0.1, 0.15) is 0 Å². The van der Waals surface area contributed by atoms with Crippen molar-refractivity contribution in [3.05, 3.63) is 188 Å². The van der Waals surface area contributed by atoms with E-state index in [1.54, 1.807) is 0 Å². The van der Waals surface area contributed by atoms with Gasteiger partial charge in [-0.3, -0.25) is 0 Å². The van der Waals surface area contributed by atoms with E-state index in [0.717, 1.165) is 88.4 Å². The van der Waals surface area contributed by atoms with E-state index >= 15 is 0 Å². The Morgan fingerprint density at radius 3 is 1.39 bits per heavy atom. The van der Waals surface area contributed by atoms with Gasteiger partial charge in [-0.1, -0.05) is 158 Å². The summed E-state index contributed by atoms with van der Waals surface area (Å²) in [7, 11) is 0. The van der Waals surface area contributed by atoms with E-state index in [0.29, 0.717) is 17.5 Å². The van der Waals surface area contributed by atoms with Crippen LogP contribution >= 0.6 is 0 Å². The molecule has 11 rings (SSSR count). The Kier molecular flexibility index (Phi) is 7.42. The average molecular weight is 718 g/mol.